The maximum Gasteiger partial charge on any atom is 0.171 e. The Balaban J connectivity index is 0.000000190. The van der Waals surface area contributed by atoms with Crippen molar-refractivity contribution in [2.45, 2.75) is 26.3 Å². The van der Waals surface area contributed by atoms with Crippen LogP contribution in [0.2, 0.25) is 0 Å². The van der Waals surface area contributed by atoms with Crippen molar-refractivity contribution in [2.75, 3.05) is 25.0 Å². The summed E-state index contributed by atoms with van der Waals surface area (Å²) >= 11 is 0. The molecule has 7 nitrogen and oxygen atoms in total. The van der Waals surface area contributed by atoms with E-state index in [1.807, 2.05) is 85.2 Å². The SMILES string of the molecule is C.N/C(=C\C=NC[C@@H]1CCCN1)c1ccccc1.O=Cc1nn2c(c1-c1ccccc1)NCC=C2. The van der Waals surface area contributed by atoms with Gasteiger partial charge in [0.15, 0.2) is 6.29 Å². The molecule has 0 amide bonds. The highest BCUT2D eigenvalue weighted by Crippen LogP contribution is 2.32. The number of nitrogens with one attached hydrogen (secondary N) is 2. The lowest BCUT2D eigenvalue weighted by Gasteiger charge is -2.11. The summed E-state index contributed by atoms with van der Waals surface area (Å²) in [5.41, 5.74) is 10.1. The van der Waals surface area contributed by atoms with E-state index >= 15 is 0 Å². The Morgan fingerprint density at radius 3 is 2.57 bits per heavy atom. The molecule has 1 aromatic heterocycles. The fraction of sp³-hybridized carbons (Fsp3) is 0.250. The van der Waals surface area contributed by atoms with Crippen molar-refractivity contribution in [2.24, 2.45) is 10.7 Å². The number of carbonyl (C=O) groups excluding carboxylic acids is 1. The zero-order chi connectivity index (χ0) is 23.6. The van der Waals surface area contributed by atoms with Gasteiger partial charge in [0.1, 0.15) is 11.5 Å². The van der Waals surface area contributed by atoms with Gasteiger partial charge in [-0.05, 0) is 42.7 Å². The number of anilines is 1. The van der Waals surface area contributed by atoms with Gasteiger partial charge in [0.2, 0.25) is 0 Å². The van der Waals surface area contributed by atoms with Crippen LogP contribution in [0.4, 0.5) is 5.82 Å². The maximum absolute atomic E-state index is 11.1. The Morgan fingerprint density at radius 1 is 1.14 bits per heavy atom. The number of carbonyl (C=O) groups is 1. The molecule has 3 aromatic rings. The summed E-state index contributed by atoms with van der Waals surface area (Å²) in [6, 6.07) is 20.3. The fourth-order valence-electron chi connectivity index (χ4n) is 3.97. The van der Waals surface area contributed by atoms with E-state index in [0.717, 1.165) is 54.1 Å². The highest BCUT2D eigenvalue weighted by Gasteiger charge is 2.19. The van der Waals surface area contributed by atoms with Gasteiger partial charge in [-0.3, -0.25) is 9.79 Å². The van der Waals surface area contributed by atoms with E-state index < -0.39 is 0 Å². The van der Waals surface area contributed by atoms with Gasteiger partial charge in [-0.15, -0.1) is 0 Å². The van der Waals surface area contributed by atoms with E-state index in [4.69, 9.17) is 5.73 Å². The van der Waals surface area contributed by atoms with Gasteiger partial charge in [0, 0.05) is 30.7 Å². The number of rotatable bonds is 6. The molecular weight excluding hydrogens is 436 g/mol. The number of nitrogens with zero attached hydrogens (tertiary/aromatic N) is 3. The minimum Gasteiger partial charge on any atom is -0.398 e. The Labute approximate surface area is 207 Å². The van der Waals surface area contributed by atoms with Crippen LogP contribution in [-0.2, 0) is 0 Å². The molecule has 0 bridgehead atoms. The first-order valence-electron chi connectivity index (χ1n) is 11.5. The largest absolute Gasteiger partial charge is 0.398 e. The lowest BCUT2D eigenvalue weighted by Crippen LogP contribution is -2.24. The number of benzene rings is 2. The van der Waals surface area contributed by atoms with Crippen molar-refractivity contribution in [1.29, 1.82) is 0 Å². The molecule has 3 heterocycles. The van der Waals surface area contributed by atoms with Crippen molar-refractivity contribution in [1.82, 2.24) is 15.1 Å². The third-order valence-corrected chi connectivity index (χ3v) is 5.70. The number of aliphatic imine (C=N–C) groups is 1. The molecule has 2 aromatic carbocycles. The standard InChI is InChI=1S/C14H19N3.C13H11N3O.CH4/c15-14(12-5-2-1-3-6-12)8-10-16-11-13-7-4-9-17-13;17-9-11-12(10-5-2-1-3-6-10)13-14-7-4-8-16(13)15-11;/h1-3,5-6,8,10,13,17H,4,7,9,11,15H2;1-6,8-9,14H,7H2;1H4/b14-8-,16-10?;;/t13-;;/m0../s1. The average Bonchev–Trinajstić information content (AvgIpc) is 3.55. The summed E-state index contributed by atoms with van der Waals surface area (Å²) in [6.07, 6.45) is 10.8. The van der Waals surface area contributed by atoms with Crippen LogP contribution in [0.1, 0.15) is 36.3 Å². The number of hydrogen-bond donors (Lipinski definition) is 3. The van der Waals surface area contributed by atoms with Crippen LogP contribution >= 0.6 is 0 Å². The summed E-state index contributed by atoms with van der Waals surface area (Å²) in [4.78, 5) is 15.5. The molecular formula is C28H34N6O. The van der Waals surface area contributed by atoms with E-state index in [2.05, 4.69) is 20.7 Å². The van der Waals surface area contributed by atoms with E-state index in [9.17, 15) is 4.79 Å². The smallest absolute Gasteiger partial charge is 0.171 e. The number of nitrogens with two attached hydrogens (primary N) is 1. The molecule has 4 N–H and O–H groups in total. The maximum atomic E-state index is 11.1. The van der Waals surface area contributed by atoms with Crippen molar-refractivity contribution < 1.29 is 4.79 Å². The van der Waals surface area contributed by atoms with Gasteiger partial charge in [0.05, 0.1) is 12.1 Å². The molecule has 1 saturated heterocycles. The van der Waals surface area contributed by atoms with Crippen LogP contribution in [0, 0.1) is 0 Å². The van der Waals surface area contributed by atoms with Gasteiger partial charge < -0.3 is 16.4 Å². The van der Waals surface area contributed by atoms with E-state index in [1.165, 1.54) is 12.8 Å². The Bertz CT molecular complexity index is 1160. The summed E-state index contributed by atoms with van der Waals surface area (Å²) in [6.45, 7) is 2.73. The number of hydrogen-bond acceptors (Lipinski definition) is 6. The van der Waals surface area contributed by atoms with Gasteiger partial charge in [0.25, 0.3) is 0 Å². The van der Waals surface area contributed by atoms with Crippen LogP contribution < -0.4 is 16.4 Å². The molecule has 1 fully saturated rings. The molecule has 7 heteroatoms. The van der Waals surface area contributed by atoms with E-state index in [1.54, 1.807) is 4.68 Å². The third-order valence-electron chi connectivity index (χ3n) is 5.70. The van der Waals surface area contributed by atoms with Crippen molar-refractivity contribution in [3.05, 3.63) is 84.1 Å². The Hall–Kier alpha value is -3.97. The molecule has 0 saturated carbocycles. The molecule has 0 spiro atoms. The average molecular weight is 471 g/mol. The van der Waals surface area contributed by atoms with Crippen molar-refractivity contribution in [3.63, 3.8) is 0 Å². The molecule has 182 valence electrons. The molecule has 0 radical (unpaired) electrons. The minimum atomic E-state index is 0. The third kappa shape index (κ3) is 6.77. The number of fused-ring (bicyclic) bond motifs is 1. The van der Waals surface area contributed by atoms with Gasteiger partial charge in [-0.2, -0.15) is 5.10 Å². The van der Waals surface area contributed by atoms with Crippen LogP contribution in [0.3, 0.4) is 0 Å². The van der Waals surface area contributed by atoms with E-state index in [0.29, 0.717) is 11.7 Å². The van der Waals surface area contributed by atoms with E-state index in [-0.39, 0.29) is 7.43 Å². The Kier molecular flexibility index (Phi) is 9.57. The molecule has 2 aliphatic rings. The topological polar surface area (TPSA) is 97.3 Å². The molecule has 5 rings (SSSR count). The van der Waals surface area contributed by atoms with Crippen molar-refractivity contribution in [3.8, 4) is 11.1 Å². The minimum absolute atomic E-state index is 0. The second-order valence-electron chi connectivity index (χ2n) is 8.10. The Morgan fingerprint density at radius 2 is 1.89 bits per heavy atom. The summed E-state index contributed by atoms with van der Waals surface area (Å²) in [5, 5.41) is 10.9. The quantitative estimate of drug-likeness (QED) is 0.358. The van der Waals surface area contributed by atoms with Crippen LogP contribution in [0.15, 0.2) is 77.8 Å². The van der Waals surface area contributed by atoms with Crippen LogP contribution in [0.25, 0.3) is 23.0 Å². The van der Waals surface area contributed by atoms with Gasteiger partial charge in [-0.25, -0.2) is 4.68 Å². The number of allylic oxidation sites excluding steroid dienone is 1. The second-order valence-corrected chi connectivity index (χ2v) is 8.10. The monoisotopic (exact) mass is 470 g/mol. The number of aromatic nitrogens is 2. The second kappa shape index (κ2) is 13.1. The summed E-state index contributed by atoms with van der Waals surface area (Å²) < 4.78 is 1.70. The molecule has 0 unspecified atom stereocenters. The predicted octanol–water partition coefficient (Wildman–Crippen LogP) is 4.70. The molecule has 35 heavy (non-hydrogen) atoms. The van der Waals surface area contributed by atoms with Crippen LogP contribution in [0.5, 0.6) is 0 Å². The lowest BCUT2D eigenvalue weighted by atomic mass is 10.1. The number of aldehydes is 1. The first-order valence-corrected chi connectivity index (χ1v) is 11.5. The highest BCUT2D eigenvalue weighted by molar-refractivity contribution is 5.92. The normalized spacial score (nSPS) is 16.6. The lowest BCUT2D eigenvalue weighted by molar-refractivity contribution is 0.111. The summed E-state index contributed by atoms with van der Waals surface area (Å²) in [5.74, 6) is 0.876. The zero-order valence-electron chi connectivity index (χ0n) is 19.1. The molecule has 2 aliphatic heterocycles. The predicted molar refractivity (Wildman–Crippen MR) is 147 cm³/mol. The van der Waals surface area contributed by atoms with Crippen LogP contribution in [-0.4, -0.2) is 48.0 Å². The summed E-state index contributed by atoms with van der Waals surface area (Å²) in [7, 11) is 0. The fourth-order valence-corrected chi connectivity index (χ4v) is 3.97. The van der Waals surface area contributed by atoms with Crippen molar-refractivity contribution >= 4 is 30.2 Å². The van der Waals surface area contributed by atoms with Gasteiger partial charge in [-0.1, -0.05) is 68.1 Å². The first kappa shape index (κ1) is 25.6. The van der Waals surface area contributed by atoms with Gasteiger partial charge >= 0.3 is 0 Å². The molecule has 1 atom stereocenters. The molecule has 0 aliphatic carbocycles. The zero-order valence-corrected chi connectivity index (χ0v) is 19.1. The highest BCUT2D eigenvalue weighted by atomic mass is 16.1. The first-order chi connectivity index (χ1) is 16.8.